The number of para-hydroxylation sites is 1. The predicted molar refractivity (Wildman–Crippen MR) is 110 cm³/mol. The number of nitrogens with one attached hydrogen (secondary N) is 2. The van der Waals surface area contributed by atoms with Crippen LogP contribution >= 0.6 is 0 Å². The summed E-state index contributed by atoms with van der Waals surface area (Å²) in [4.78, 5) is 12.4. The third-order valence-electron chi connectivity index (χ3n) is 4.47. The summed E-state index contributed by atoms with van der Waals surface area (Å²) >= 11 is 0. The quantitative estimate of drug-likeness (QED) is 0.392. The highest BCUT2D eigenvalue weighted by molar-refractivity contribution is 6.07. The Morgan fingerprint density at radius 3 is 2.59 bits per heavy atom. The number of carbonyl (C=O) groups excluding carboxylic acids is 1. The average Bonchev–Trinajstić information content (AvgIpc) is 2.69. The molecule has 0 aliphatic heterocycles. The molecule has 0 saturated heterocycles. The van der Waals surface area contributed by atoms with Gasteiger partial charge in [0.1, 0.15) is 11.6 Å². The first-order valence-electron chi connectivity index (χ1n) is 9.43. The van der Waals surface area contributed by atoms with Gasteiger partial charge >= 0.3 is 0 Å². The molecule has 0 fully saturated rings. The summed E-state index contributed by atoms with van der Waals surface area (Å²) in [7, 11) is 0. The van der Waals surface area contributed by atoms with Crippen LogP contribution in [0.1, 0.15) is 36.5 Å². The second-order valence-electron chi connectivity index (χ2n) is 6.48. The molecule has 2 aromatic rings. The smallest absolute Gasteiger partial charge is 0.267 e. The van der Waals surface area contributed by atoms with Crippen molar-refractivity contribution in [2.24, 2.45) is 0 Å². The van der Waals surface area contributed by atoms with Gasteiger partial charge in [-0.25, -0.2) is 0 Å². The third-order valence-corrected chi connectivity index (χ3v) is 4.47. The molecule has 0 heterocycles. The van der Waals surface area contributed by atoms with Gasteiger partial charge in [0.2, 0.25) is 0 Å². The van der Waals surface area contributed by atoms with E-state index in [2.05, 4.69) is 22.8 Å². The Morgan fingerprint density at radius 2 is 1.89 bits per heavy atom. The molecule has 0 saturated carbocycles. The van der Waals surface area contributed by atoms with E-state index in [9.17, 15) is 10.1 Å². The van der Waals surface area contributed by atoms with Crippen molar-refractivity contribution in [2.45, 2.75) is 39.5 Å². The first-order chi connectivity index (χ1) is 13.2. The zero-order valence-electron chi connectivity index (χ0n) is 16.1. The molecule has 27 heavy (non-hydrogen) atoms. The number of rotatable bonds is 9. The molecular weight excluding hydrogens is 334 g/mol. The maximum atomic E-state index is 12.4. The van der Waals surface area contributed by atoms with E-state index in [1.165, 1.54) is 11.8 Å². The normalized spacial score (nSPS) is 10.9. The van der Waals surface area contributed by atoms with Gasteiger partial charge in [0.15, 0.2) is 0 Å². The van der Waals surface area contributed by atoms with E-state index in [-0.39, 0.29) is 11.5 Å². The molecule has 0 spiro atoms. The van der Waals surface area contributed by atoms with E-state index in [4.69, 9.17) is 0 Å². The van der Waals surface area contributed by atoms with Gasteiger partial charge in [0.05, 0.1) is 0 Å². The Labute approximate surface area is 161 Å². The zero-order valence-corrected chi connectivity index (χ0v) is 16.1. The molecule has 0 bridgehead atoms. The first kappa shape index (κ1) is 20.3. The van der Waals surface area contributed by atoms with Crippen LogP contribution in [0.3, 0.4) is 0 Å². The largest absolute Gasteiger partial charge is 0.390 e. The van der Waals surface area contributed by atoms with Crippen molar-refractivity contribution in [1.82, 2.24) is 5.32 Å². The monoisotopic (exact) mass is 361 g/mol. The third kappa shape index (κ3) is 6.31. The van der Waals surface area contributed by atoms with Crippen molar-refractivity contribution in [3.63, 3.8) is 0 Å². The summed E-state index contributed by atoms with van der Waals surface area (Å²) in [5.74, 6) is -0.377. The lowest BCUT2D eigenvalue weighted by molar-refractivity contribution is -0.112. The van der Waals surface area contributed by atoms with Crippen LogP contribution in [0.4, 0.5) is 5.69 Å². The van der Waals surface area contributed by atoms with Gasteiger partial charge in [-0.15, -0.1) is 0 Å². The van der Waals surface area contributed by atoms with Crippen molar-refractivity contribution >= 4 is 11.6 Å². The minimum Gasteiger partial charge on any atom is -0.390 e. The van der Waals surface area contributed by atoms with Crippen LogP contribution in [0.2, 0.25) is 0 Å². The van der Waals surface area contributed by atoms with Crippen LogP contribution in [-0.4, -0.2) is 12.5 Å². The summed E-state index contributed by atoms with van der Waals surface area (Å²) in [5, 5.41) is 15.3. The lowest BCUT2D eigenvalue weighted by Gasteiger charge is -2.12. The fraction of sp³-hybridized carbons (Fsp3) is 0.304. The van der Waals surface area contributed by atoms with E-state index in [0.717, 1.165) is 49.0 Å². The minimum absolute atomic E-state index is 0.0864. The summed E-state index contributed by atoms with van der Waals surface area (Å²) in [5.41, 5.74) is 4.27. The van der Waals surface area contributed by atoms with Crippen LogP contribution in [0.5, 0.6) is 0 Å². The van der Waals surface area contributed by atoms with Gasteiger partial charge in [-0.2, -0.15) is 5.26 Å². The minimum atomic E-state index is -0.377. The number of amides is 1. The number of carbonyl (C=O) groups is 1. The van der Waals surface area contributed by atoms with Crippen molar-refractivity contribution in [1.29, 1.82) is 5.26 Å². The van der Waals surface area contributed by atoms with E-state index in [1.807, 2.05) is 56.3 Å². The van der Waals surface area contributed by atoms with Gasteiger partial charge in [0, 0.05) is 18.4 Å². The van der Waals surface area contributed by atoms with Gasteiger partial charge in [-0.05, 0) is 49.3 Å². The molecule has 0 atom stereocenters. The molecule has 140 valence electrons. The summed E-state index contributed by atoms with van der Waals surface area (Å²) in [6.07, 6.45) is 5.40. The maximum absolute atomic E-state index is 12.4. The van der Waals surface area contributed by atoms with Crippen LogP contribution in [0.15, 0.2) is 60.3 Å². The molecule has 1 amide bonds. The van der Waals surface area contributed by atoms with E-state index in [0.29, 0.717) is 0 Å². The average molecular weight is 361 g/mol. The van der Waals surface area contributed by atoms with Gasteiger partial charge in [-0.1, -0.05) is 55.5 Å². The number of aryl methyl sites for hydroxylation is 3. The molecule has 0 aliphatic rings. The molecule has 2 N–H and O–H groups in total. The summed E-state index contributed by atoms with van der Waals surface area (Å²) in [6, 6.07) is 18.3. The number of nitriles is 1. The number of unbranched alkanes of at least 4 members (excludes halogenated alkanes) is 1. The Kier molecular flexibility index (Phi) is 8.12. The van der Waals surface area contributed by atoms with E-state index >= 15 is 0 Å². The highest BCUT2D eigenvalue weighted by Gasteiger charge is 2.12. The SMILES string of the molecule is CCc1cccc(C)c1NC(=O)/C(C#N)=C\NCCCCc1ccccc1. The molecule has 2 aromatic carbocycles. The Bertz CT molecular complexity index is 819. The van der Waals surface area contributed by atoms with Crippen molar-refractivity contribution in [3.05, 3.63) is 77.0 Å². The number of hydrogen-bond donors (Lipinski definition) is 2. The first-order valence-corrected chi connectivity index (χ1v) is 9.43. The number of nitrogens with zero attached hydrogens (tertiary/aromatic N) is 1. The maximum Gasteiger partial charge on any atom is 0.267 e. The van der Waals surface area contributed by atoms with Crippen molar-refractivity contribution in [2.75, 3.05) is 11.9 Å². The van der Waals surface area contributed by atoms with Gasteiger partial charge in [0.25, 0.3) is 5.91 Å². The van der Waals surface area contributed by atoms with E-state index < -0.39 is 0 Å². The summed E-state index contributed by atoms with van der Waals surface area (Å²) < 4.78 is 0. The standard InChI is InChI=1S/C23H27N3O/c1-3-20-14-9-10-18(2)22(20)26-23(27)21(16-24)17-25-15-8-7-13-19-11-5-4-6-12-19/h4-6,9-12,14,17,25H,3,7-8,13,15H2,1-2H3,(H,26,27)/b21-17-. The molecule has 2 rings (SSSR count). The van der Waals surface area contributed by atoms with Crippen LogP contribution in [0.25, 0.3) is 0 Å². The second kappa shape index (κ2) is 10.8. The number of anilines is 1. The highest BCUT2D eigenvalue weighted by Crippen LogP contribution is 2.21. The van der Waals surface area contributed by atoms with Crippen LogP contribution in [0, 0.1) is 18.3 Å². The molecule has 4 heteroatoms. The fourth-order valence-corrected chi connectivity index (χ4v) is 2.91. The lowest BCUT2D eigenvalue weighted by Crippen LogP contribution is -2.18. The van der Waals surface area contributed by atoms with Gasteiger partial charge in [-0.3, -0.25) is 4.79 Å². The van der Waals surface area contributed by atoms with Crippen molar-refractivity contribution < 1.29 is 4.79 Å². The highest BCUT2D eigenvalue weighted by atomic mass is 16.1. The van der Waals surface area contributed by atoms with Crippen LogP contribution in [-0.2, 0) is 17.6 Å². The Hall–Kier alpha value is -3.06. The Morgan fingerprint density at radius 1 is 1.11 bits per heavy atom. The molecular formula is C23H27N3O. The van der Waals surface area contributed by atoms with Gasteiger partial charge < -0.3 is 10.6 Å². The second-order valence-corrected chi connectivity index (χ2v) is 6.48. The lowest BCUT2D eigenvalue weighted by atomic mass is 10.1. The molecule has 0 aromatic heterocycles. The van der Waals surface area contributed by atoms with Crippen molar-refractivity contribution in [3.8, 4) is 6.07 Å². The zero-order chi connectivity index (χ0) is 19.5. The number of benzene rings is 2. The molecule has 0 aliphatic carbocycles. The molecule has 4 nitrogen and oxygen atoms in total. The topological polar surface area (TPSA) is 64.9 Å². The number of hydrogen-bond acceptors (Lipinski definition) is 3. The van der Waals surface area contributed by atoms with Crippen LogP contribution < -0.4 is 10.6 Å². The predicted octanol–water partition coefficient (Wildman–Crippen LogP) is 4.52. The van der Waals surface area contributed by atoms with E-state index in [1.54, 1.807) is 0 Å². The Balaban J connectivity index is 1.83. The molecule has 0 unspecified atom stereocenters. The molecule has 0 radical (unpaired) electrons. The summed E-state index contributed by atoms with van der Waals surface area (Å²) in [6.45, 7) is 4.73. The fourth-order valence-electron chi connectivity index (χ4n) is 2.91.